The summed E-state index contributed by atoms with van der Waals surface area (Å²) in [7, 11) is 0. The fourth-order valence-electron chi connectivity index (χ4n) is 4.08. The molecule has 0 spiro atoms. The number of hydrogen-bond acceptors (Lipinski definition) is 6. The van der Waals surface area contributed by atoms with Gasteiger partial charge in [0.15, 0.2) is 0 Å². The molecule has 0 bridgehead atoms. The van der Waals surface area contributed by atoms with Crippen LogP contribution in [-0.4, -0.2) is 45.7 Å². The zero-order valence-corrected chi connectivity index (χ0v) is 18.5. The van der Waals surface area contributed by atoms with Gasteiger partial charge in [0.2, 0.25) is 5.91 Å². The van der Waals surface area contributed by atoms with Crippen molar-refractivity contribution in [3.05, 3.63) is 83.9 Å². The predicted molar refractivity (Wildman–Crippen MR) is 123 cm³/mol. The maximum absolute atomic E-state index is 12.7. The van der Waals surface area contributed by atoms with Crippen LogP contribution in [0.4, 0.5) is 4.79 Å². The largest absolute Gasteiger partial charge is 0.481 e. The highest BCUT2D eigenvalue weighted by Gasteiger charge is 2.30. The number of carbonyl (C=O) groups is 3. The minimum absolute atomic E-state index is 0.0511. The van der Waals surface area contributed by atoms with Crippen LogP contribution in [0.2, 0.25) is 0 Å². The molecule has 9 heteroatoms. The summed E-state index contributed by atoms with van der Waals surface area (Å²) in [5.41, 5.74) is 4.28. The van der Waals surface area contributed by atoms with Crippen LogP contribution in [-0.2, 0) is 14.3 Å². The molecule has 2 unspecified atom stereocenters. The van der Waals surface area contributed by atoms with E-state index in [0.29, 0.717) is 5.82 Å². The van der Waals surface area contributed by atoms with E-state index in [2.05, 4.69) is 20.6 Å². The van der Waals surface area contributed by atoms with Crippen LogP contribution < -0.4 is 10.6 Å². The van der Waals surface area contributed by atoms with Crippen LogP contribution in [0.15, 0.2) is 67.0 Å². The molecule has 1 heterocycles. The Balaban J connectivity index is 1.41. The number of amides is 2. The van der Waals surface area contributed by atoms with Gasteiger partial charge in [-0.2, -0.15) is 0 Å². The predicted octanol–water partition coefficient (Wildman–Crippen LogP) is 3.04. The average molecular weight is 460 g/mol. The molecule has 1 aliphatic carbocycles. The Hall–Kier alpha value is -4.27. The van der Waals surface area contributed by atoms with Gasteiger partial charge in [-0.3, -0.25) is 9.59 Å². The SMILES string of the molecule is CC(NC(=O)C(CC(=O)O)NC(=O)OCC1c2ccccc2-c2ccccc21)c1ncccn1. The normalized spacial score (nSPS) is 13.8. The molecule has 0 aliphatic heterocycles. The molecule has 0 saturated carbocycles. The number of carbonyl (C=O) groups excluding carboxylic acids is 2. The lowest BCUT2D eigenvalue weighted by molar-refractivity contribution is -0.140. The number of aromatic nitrogens is 2. The second-order valence-electron chi connectivity index (χ2n) is 7.96. The highest BCUT2D eigenvalue weighted by molar-refractivity contribution is 5.89. The Kier molecular flexibility index (Phi) is 6.82. The van der Waals surface area contributed by atoms with Gasteiger partial charge in [0, 0.05) is 18.3 Å². The highest BCUT2D eigenvalue weighted by atomic mass is 16.5. The molecule has 9 nitrogen and oxygen atoms in total. The lowest BCUT2D eigenvalue weighted by atomic mass is 9.98. The third kappa shape index (κ3) is 5.03. The van der Waals surface area contributed by atoms with Gasteiger partial charge >= 0.3 is 12.1 Å². The number of carboxylic acid groups (broad SMARTS) is 1. The molecule has 3 N–H and O–H groups in total. The molecule has 1 aliphatic rings. The molecule has 2 aromatic carbocycles. The Bertz CT molecular complexity index is 1160. The summed E-state index contributed by atoms with van der Waals surface area (Å²) in [4.78, 5) is 44.7. The van der Waals surface area contributed by atoms with E-state index in [1.54, 1.807) is 13.0 Å². The summed E-state index contributed by atoms with van der Waals surface area (Å²) >= 11 is 0. The number of nitrogens with zero attached hydrogens (tertiary/aromatic N) is 2. The van der Waals surface area contributed by atoms with E-state index >= 15 is 0 Å². The number of nitrogens with one attached hydrogen (secondary N) is 2. The summed E-state index contributed by atoms with van der Waals surface area (Å²) < 4.78 is 5.44. The first kappa shape index (κ1) is 22.9. The van der Waals surface area contributed by atoms with Gasteiger partial charge in [-0.25, -0.2) is 14.8 Å². The molecule has 0 radical (unpaired) electrons. The molecule has 3 aromatic rings. The summed E-state index contributed by atoms with van der Waals surface area (Å²) in [6.07, 6.45) is 1.61. The van der Waals surface area contributed by atoms with Crippen molar-refractivity contribution in [1.29, 1.82) is 0 Å². The average Bonchev–Trinajstić information content (AvgIpc) is 3.16. The van der Waals surface area contributed by atoms with Gasteiger partial charge in [0.1, 0.15) is 18.5 Å². The van der Waals surface area contributed by atoms with Crippen molar-refractivity contribution >= 4 is 18.0 Å². The van der Waals surface area contributed by atoms with Gasteiger partial charge in [-0.15, -0.1) is 0 Å². The number of rotatable bonds is 8. The Morgan fingerprint density at radius 2 is 1.53 bits per heavy atom. The number of ether oxygens (including phenoxy) is 1. The fourth-order valence-corrected chi connectivity index (χ4v) is 4.08. The minimum Gasteiger partial charge on any atom is -0.481 e. The van der Waals surface area contributed by atoms with E-state index in [0.717, 1.165) is 22.3 Å². The van der Waals surface area contributed by atoms with Gasteiger partial charge in [0.05, 0.1) is 12.5 Å². The van der Waals surface area contributed by atoms with E-state index in [1.165, 1.54) is 12.4 Å². The first-order valence-corrected chi connectivity index (χ1v) is 10.8. The Morgan fingerprint density at radius 1 is 0.941 bits per heavy atom. The van der Waals surface area contributed by atoms with Crippen molar-refractivity contribution in [3.8, 4) is 11.1 Å². The maximum Gasteiger partial charge on any atom is 0.407 e. The monoisotopic (exact) mass is 460 g/mol. The number of fused-ring (bicyclic) bond motifs is 3. The lowest BCUT2D eigenvalue weighted by Gasteiger charge is -2.20. The van der Waals surface area contributed by atoms with Crippen LogP contribution in [0.25, 0.3) is 11.1 Å². The number of carboxylic acids is 1. The van der Waals surface area contributed by atoms with Crippen LogP contribution in [0.3, 0.4) is 0 Å². The maximum atomic E-state index is 12.7. The number of aliphatic carboxylic acids is 1. The first-order chi connectivity index (χ1) is 16.4. The lowest BCUT2D eigenvalue weighted by Crippen LogP contribution is -2.48. The van der Waals surface area contributed by atoms with Crippen molar-refractivity contribution in [1.82, 2.24) is 20.6 Å². The third-order valence-electron chi connectivity index (χ3n) is 5.66. The van der Waals surface area contributed by atoms with Crippen LogP contribution >= 0.6 is 0 Å². The number of benzene rings is 2. The van der Waals surface area contributed by atoms with Crippen LogP contribution in [0, 0.1) is 0 Å². The minimum atomic E-state index is -1.32. The molecule has 2 atom stereocenters. The van der Waals surface area contributed by atoms with E-state index in [9.17, 15) is 19.5 Å². The van der Waals surface area contributed by atoms with E-state index in [-0.39, 0.29) is 12.5 Å². The van der Waals surface area contributed by atoms with Crippen molar-refractivity contribution in [3.63, 3.8) is 0 Å². The van der Waals surface area contributed by atoms with E-state index in [4.69, 9.17) is 4.74 Å². The van der Waals surface area contributed by atoms with Crippen molar-refractivity contribution in [2.24, 2.45) is 0 Å². The molecule has 4 rings (SSSR count). The van der Waals surface area contributed by atoms with Crippen molar-refractivity contribution < 1.29 is 24.2 Å². The Labute approximate surface area is 196 Å². The number of hydrogen-bond donors (Lipinski definition) is 3. The molecule has 1 aromatic heterocycles. The molecular formula is C25H24N4O5. The first-order valence-electron chi connectivity index (χ1n) is 10.8. The summed E-state index contributed by atoms with van der Waals surface area (Å²) in [5.74, 6) is -1.69. The van der Waals surface area contributed by atoms with Crippen LogP contribution in [0.5, 0.6) is 0 Å². The third-order valence-corrected chi connectivity index (χ3v) is 5.66. The molecule has 0 fully saturated rings. The summed E-state index contributed by atoms with van der Waals surface area (Å²) in [6, 6.07) is 15.6. The summed E-state index contributed by atoms with van der Waals surface area (Å²) in [5, 5.41) is 14.2. The number of alkyl carbamates (subject to hydrolysis) is 1. The van der Waals surface area contributed by atoms with Gasteiger partial charge in [0.25, 0.3) is 0 Å². The van der Waals surface area contributed by atoms with E-state index < -0.39 is 36.5 Å². The topological polar surface area (TPSA) is 131 Å². The van der Waals surface area contributed by atoms with E-state index in [1.807, 2.05) is 48.5 Å². The van der Waals surface area contributed by atoms with Crippen molar-refractivity contribution in [2.75, 3.05) is 6.61 Å². The smallest absolute Gasteiger partial charge is 0.407 e. The van der Waals surface area contributed by atoms with Gasteiger partial charge < -0.3 is 20.5 Å². The fraction of sp³-hybridized carbons (Fsp3) is 0.240. The summed E-state index contributed by atoms with van der Waals surface area (Å²) in [6.45, 7) is 1.72. The molecule has 0 saturated heterocycles. The molecule has 2 amide bonds. The highest BCUT2D eigenvalue weighted by Crippen LogP contribution is 2.44. The van der Waals surface area contributed by atoms with Crippen molar-refractivity contribution in [2.45, 2.75) is 31.3 Å². The second kappa shape index (κ2) is 10.1. The Morgan fingerprint density at radius 3 is 2.12 bits per heavy atom. The van der Waals surface area contributed by atoms with Gasteiger partial charge in [-0.1, -0.05) is 48.5 Å². The van der Waals surface area contributed by atoms with Gasteiger partial charge in [-0.05, 0) is 35.2 Å². The zero-order valence-electron chi connectivity index (χ0n) is 18.5. The second-order valence-corrected chi connectivity index (χ2v) is 7.96. The zero-order chi connectivity index (χ0) is 24.1. The molecule has 174 valence electrons. The van der Waals surface area contributed by atoms with Crippen LogP contribution in [0.1, 0.15) is 42.3 Å². The standard InChI is InChI=1S/C25H24N4O5/c1-15(23-26-11-6-12-27-23)28-24(32)21(13-22(30)31)29-25(33)34-14-20-18-9-4-2-7-16(18)17-8-3-5-10-19(17)20/h2-12,15,20-21H,13-14H2,1H3,(H,28,32)(H,29,33)(H,30,31). The molecular weight excluding hydrogens is 436 g/mol. The molecule has 34 heavy (non-hydrogen) atoms. The quantitative estimate of drug-likeness (QED) is 0.471.